The van der Waals surface area contributed by atoms with Crippen LogP contribution in [0, 0.1) is 0 Å². The molecular weight excluding hydrogens is 450 g/mol. The van der Waals surface area contributed by atoms with Crippen molar-refractivity contribution in [3.63, 3.8) is 0 Å². The summed E-state index contributed by atoms with van der Waals surface area (Å²) >= 11 is 0. The minimum atomic E-state index is -3.92. The number of hydrogen-bond donors (Lipinski definition) is 2. The van der Waals surface area contributed by atoms with Gasteiger partial charge in [-0.2, -0.15) is 0 Å². The first-order valence-corrected chi connectivity index (χ1v) is 12.1. The Bertz CT molecular complexity index is 1570. The number of pyridine rings is 2. The Morgan fingerprint density at radius 1 is 0.971 bits per heavy atom. The molecule has 3 N–H and O–H groups in total. The first kappa shape index (κ1) is 21.7. The maximum absolute atomic E-state index is 11.9. The smallest absolute Gasteiger partial charge is 0.239 e. The predicted molar refractivity (Wildman–Crippen MR) is 129 cm³/mol. The van der Waals surface area contributed by atoms with Crippen LogP contribution < -0.4 is 10.5 Å². The Labute approximate surface area is 196 Å². The van der Waals surface area contributed by atoms with E-state index in [0.29, 0.717) is 17.2 Å². The molecule has 5 rings (SSSR count). The molecule has 0 radical (unpaired) electrons. The first-order valence-electron chi connectivity index (χ1n) is 10.5. The number of anilines is 1. The van der Waals surface area contributed by atoms with Crippen molar-refractivity contribution >= 4 is 21.4 Å². The average Bonchev–Trinajstić information content (AvgIpc) is 3.31. The quantitative estimate of drug-likeness (QED) is 0.387. The second-order valence-electron chi connectivity index (χ2n) is 7.76. The maximum Gasteiger partial charge on any atom is 0.239 e. The third-order valence-corrected chi connectivity index (χ3v) is 6.33. The minimum Gasteiger partial charge on any atom is -0.359 e. The highest BCUT2D eigenvalue weighted by Crippen LogP contribution is 2.33. The van der Waals surface area contributed by atoms with Crippen molar-refractivity contribution in [3.8, 4) is 22.5 Å². The fourth-order valence-corrected chi connectivity index (χ4v) is 4.29. The summed E-state index contributed by atoms with van der Waals surface area (Å²) in [4.78, 5) is 8.38. The SMILES string of the molecule is CC(Nc1nnc(-c2cncc(S(N)(=O)=O)c2)n2ccc(-c3ccccc3)c12)c1ccccn1. The number of nitrogens with two attached hydrogens (primary N) is 1. The van der Waals surface area contributed by atoms with Gasteiger partial charge in [0.2, 0.25) is 10.0 Å². The molecule has 4 heterocycles. The van der Waals surface area contributed by atoms with E-state index in [0.717, 1.165) is 22.3 Å². The Morgan fingerprint density at radius 2 is 1.76 bits per heavy atom. The Kier molecular flexibility index (Phi) is 5.52. The molecule has 0 spiro atoms. The molecule has 170 valence electrons. The van der Waals surface area contributed by atoms with Gasteiger partial charge in [-0.05, 0) is 36.8 Å². The lowest BCUT2D eigenvalue weighted by molar-refractivity contribution is 0.597. The molecule has 0 fully saturated rings. The fourth-order valence-electron chi connectivity index (χ4n) is 3.80. The normalized spacial score (nSPS) is 12.5. The number of nitrogens with one attached hydrogen (secondary N) is 1. The summed E-state index contributed by atoms with van der Waals surface area (Å²) < 4.78 is 25.6. The minimum absolute atomic E-state index is 0.0960. The van der Waals surface area contributed by atoms with Crippen LogP contribution in [-0.2, 0) is 10.0 Å². The van der Waals surface area contributed by atoms with Gasteiger partial charge in [-0.15, -0.1) is 10.2 Å². The maximum atomic E-state index is 11.9. The van der Waals surface area contributed by atoms with E-state index in [-0.39, 0.29) is 10.9 Å². The zero-order chi connectivity index (χ0) is 23.7. The number of aromatic nitrogens is 5. The van der Waals surface area contributed by atoms with Gasteiger partial charge >= 0.3 is 0 Å². The molecule has 9 nitrogen and oxygen atoms in total. The monoisotopic (exact) mass is 471 g/mol. The van der Waals surface area contributed by atoms with Crippen molar-refractivity contribution in [1.29, 1.82) is 0 Å². The van der Waals surface area contributed by atoms with Crippen LogP contribution in [0.3, 0.4) is 0 Å². The van der Waals surface area contributed by atoms with E-state index in [1.165, 1.54) is 18.5 Å². The summed E-state index contributed by atoms with van der Waals surface area (Å²) in [6.07, 6.45) is 6.36. The summed E-state index contributed by atoms with van der Waals surface area (Å²) in [6, 6.07) is 19.0. The van der Waals surface area contributed by atoms with E-state index >= 15 is 0 Å². The summed E-state index contributed by atoms with van der Waals surface area (Å²) in [7, 11) is -3.92. The van der Waals surface area contributed by atoms with Gasteiger partial charge in [-0.3, -0.25) is 14.4 Å². The van der Waals surface area contributed by atoms with Gasteiger partial charge in [0.1, 0.15) is 4.90 Å². The van der Waals surface area contributed by atoms with Crippen LogP contribution in [0.1, 0.15) is 18.7 Å². The largest absolute Gasteiger partial charge is 0.359 e. The molecule has 0 aliphatic heterocycles. The highest BCUT2D eigenvalue weighted by Gasteiger charge is 2.19. The molecule has 1 aromatic carbocycles. The van der Waals surface area contributed by atoms with Crippen molar-refractivity contribution < 1.29 is 8.42 Å². The van der Waals surface area contributed by atoms with E-state index in [4.69, 9.17) is 5.14 Å². The number of benzene rings is 1. The van der Waals surface area contributed by atoms with E-state index < -0.39 is 10.0 Å². The van der Waals surface area contributed by atoms with Gasteiger partial charge in [-0.1, -0.05) is 36.4 Å². The zero-order valence-electron chi connectivity index (χ0n) is 18.2. The second kappa shape index (κ2) is 8.65. The molecule has 0 bridgehead atoms. The van der Waals surface area contributed by atoms with Gasteiger partial charge in [0.05, 0.1) is 17.3 Å². The molecule has 4 aromatic heterocycles. The van der Waals surface area contributed by atoms with Crippen LogP contribution >= 0.6 is 0 Å². The van der Waals surface area contributed by atoms with Gasteiger partial charge in [0, 0.05) is 35.9 Å². The molecule has 0 saturated heterocycles. The number of fused-ring (bicyclic) bond motifs is 1. The summed E-state index contributed by atoms with van der Waals surface area (Å²) in [5.41, 5.74) is 4.09. The van der Waals surface area contributed by atoms with Gasteiger partial charge in [-0.25, -0.2) is 13.6 Å². The van der Waals surface area contributed by atoms with Gasteiger partial charge in [0.25, 0.3) is 0 Å². The first-order chi connectivity index (χ1) is 16.4. The molecule has 1 atom stereocenters. The molecule has 10 heteroatoms. The molecule has 0 saturated carbocycles. The third kappa shape index (κ3) is 4.12. The molecular formula is C24H21N7O2S. The summed E-state index contributed by atoms with van der Waals surface area (Å²) in [5, 5.41) is 17.6. The third-order valence-electron chi connectivity index (χ3n) is 5.45. The van der Waals surface area contributed by atoms with Crippen LogP contribution in [0.15, 0.2) is 90.3 Å². The number of rotatable bonds is 6. The molecule has 1 unspecified atom stereocenters. The summed E-state index contributed by atoms with van der Waals surface area (Å²) in [6.45, 7) is 2.00. The molecule has 0 aliphatic rings. The van der Waals surface area contributed by atoms with E-state index in [2.05, 4.69) is 25.5 Å². The topological polar surface area (TPSA) is 128 Å². The Balaban J connectivity index is 1.69. The highest BCUT2D eigenvalue weighted by molar-refractivity contribution is 7.89. The van der Waals surface area contributed by atoms with Crippen molar-refractivity contribution in [3.05, 3.63) is 91.1 Å². The second-order valence-corrected chi connectivity index (χ2v) is 9.32. The highest BCUT2D eigenvalue weighted by atomic mass is 32.2. The molecule has 0 amide bonds. The zero-order valence-corrected chi connectivity index (χ0v) is 19.0. The lowest BCUT2D eigenvalue weighted by Gasteiger charge is -2.16. The van der Waals surface area contributed by atoms with Crippen LogP contribution in [0.25, 0.3) is 28.0 Å². The van der Waals surface area contributed by atoms with Gasteiger partial charge < -0.3 is 5.32 Å². The molecule has 34 heavy (non-hydrogen) atoms. The van der Waals surface area contributed by atoms with Crippen LogP contribution in [-0.4, -0.2) is 33.0 Å². The Morgan fingerprint density at radius 3 is 2.50 bits per heavy atom. The average molecular weight is 472 g/mol. The van der Waals surface area contributed by atoms with E-state index in [9.17, 15) is 8.42 Å². The number of primary sulfonamides is 1. The summed E-state index contributed by atoms with van der Waals surface area (Å²) in [5.74, 6) is 1.01. The number of sulfonamides is 1. The number of nitrogens with zero attached hydrogens (tertiary/aromatic N) is 5. The van der Waals surface area contributed by atoms with Crippen molar-refractivity contribution in [1.82, 2.24) is 24.6 Å². The number of hydrogen-bond acceptors (Lipinski definition) is 7. The Hall–Kier alpha value is -4.15. The lowest BCUT2D eigenvalue weighted by Crippen LogP contribution is -2.13. The van der Waals surface area contributed by atoms with E-state index in [1.54, 1.807) is 6.20 Å². The molecule has 0 aliphatic carbocycles. The van der Waals surface area contributed by atoms with Crippen molar-refractivity contribution in [2.75, 3.05) is 5.32 Å². The fraction of sp³-hybridized carbons (Fsp3) is 0.0833. The van der Waals surface area contributed by atoms with Crippen LogP contribution in [0.5, 0.6) is 0 Å². The van der Waals surface area contributed by atoms with Crippen molar-refractivity contribution in [2.45, 2.75) is 17.9 Å². The van der Waals surface area contributed by atoms with E-state index in [1.807, 2.05) is 72.1 Å². The molecule has 5 aromatic rings. The van der Waals surface area contributed by atoms with Gasteiger partial charge in [0.15, 0.2) is 11.6 Å². The van der Waals surface area contributed by atoms with Crippen LogP contribution in [0.4, 0.5) is 5.82 Å². The lowest BCUT2D eigenvalue weighted by atomic mass is 10.1. The predicted octanol–water partition coefficient (Wildman–Crippen LogP) is 3.67. The van der Waals surface area contributed by atoms with Crippen molar-refractivity contribution in [2.24, 2.45) is 5.14 Å². The van der Waals surface area contributed by atoms with Crippen LogP contribution in [0.2, 0.25) is 0 Å². The standard InChI is InChI=1S/C24H21N7O2S/c1-16(21-9-5-6-11-27-21)28-23-22-20(17-7-3-2-4-8-17)10-12-31(22)24(30-29-23)18-13-19(15-26-14-18)34(25,32)33/h2-16H,1H3,(H,28,29)(H2,25,32,33).